The number of quaternary nitrogens is 1. The molecule has 2 amide bonds. The molecule has 0 spiro atoms. The van der Waals surface area contributed by atoms with E-state index in [1.165, 1.54) is 4.90 Å². The van der Waals surface area contributed by atoms with E-state index in [-0.39, 0.29) is 11.8 Å². The first-order valence-electron chi connectivity index (χ1n) is 8.12. The predicted molar refractivity (Wildman–Crippen MR) is 90.8 cm³/mol. The zero-order valence-corrected chi connectivity index (χ0v) is 14.3. The third kappa shape index (κ3) is 5.06. The summed E-state index contributed by atoms with van der Waals surface area (Å²) in [5.74, 6) is -0.530. The van der Waals surface area contributed by atoms with Gasteiger partial charge < -0.3 is 20.4 Å². The smallest absolute Gasteiger partial charge is 0.264 e. The van der Waals surface area contributed by atoms with Gasteiger partial charge in [0.2, 0.25) is 12.0 Å². The Morgan fingerprint density at radius 1 is 1.33 bits per heavy atom. The Kier molecular flexibility index (Phi) is 6.31. The fourth-order valence-electron chi connectivity index (χ4n) is 2.28. The molecule has 0 radical (unpaired) electrons. The van der Waals surface area contributed by atoms with E-state index >= 15 is 0 Å². The van der Waals surface area contributed by atoms with Crippen LogP contribution in [0.15, 0.2) is 35.5 Å². The van der Waals surface area contributed by atoms with Crippen LogP contribution in [0.5, 0.6) is 0 Å². The number of benzene rings is 1. The topological polar surface area (TPSA) is 84.2 Å². The Morgan fingerprint density at radius 2 is 2.04 bits per heavy atom. The van der Waals surface area contributed by atoms with Gasteiger partial charge in [-0.1, -0.05) is 35.5 Å². The Balaban J connectivity index is 1.78. The number of hydrogen-bond acceptors (Lipinski definition) is 4. The molecule has 1 aliphatic rings. The Bertz CT molecular complexity index is 601. The molecule has 7 heteroatoms. The molecule has 0 aromatic heterocycles. The molecule has 1 aliphatic heterocycles. The van der Waals surface area contributed by atoms with E-state index in [1.807, 2.05) is 44.4 Å². The predicted octanol–water partition coefficient (Wildman–Crippen LogP) is -1.05. The van der Waals surface area contributed by atoms with E-state index in [0.29, 0.717) is 13.0 Å². The fraction of sp³-hybridized carbons (Fsp3) is 0.471. The first kappa shape index (κ1) is 17.9. The highest BCUT2D eigenvalue weighted by atomic mass is 16.6. The van der Waals surface area contributed by atoms with Gasteiger partial charge in [0, 0.05) is 6.42 Å². The molecular formula is C17H25N4O3+. The lowest BCUT2D eigenvalue weighted by molar-refractivity contribution is -0.856. The Morgan fingerprint density at radius 3 is 2.71 bits per heavy atom. The summed E-state index contributed by atoms with van der Waals surface area (Å²) >= 11 is 0. The van der Waals surface area contributed by atoms with E-state index in [4.69, 9.17) is 4.84 Å². The van der Waals surface area contributed by atoms with Gasteiger partial charge in [0.25, 0.3) is 5.91 Å². The zero-order chi connectivity index (χ0) is 17.5. The van der Waals surface area contributed by atoms with Gasteiger partial charge in [-0.15, -0.1) is 0 Å². The van der Waals surface area contributed by atoms with Crippen LogP contribution in [-0.4, -0.2) is 56.9 Å². The second-order valence-electron chi connectivity index (χ2n) is 6.18. The van der Waals surface area contributed by atoms with Crippen LogP contribution < -0.4 is 15.5 Å². The molecule has 0 saturated carbocycles. The molecule has 0 fully saturated rings. The lowest BCUT2D eigenvalue weighted by Gasteiger charge is -2.16. The average Bonchev–Trinajstić information content (AvgIpc) is 3.05. The summed E-state index contributed by atoms with van der Waals surface area (Å²) in [7, 11) is 4.03. The summed E-state index contributed by atoms with van der Waals surface area (Å²) in [4.78, 5) is 30.6. The third-order valence-corrected chi connectivity index (χ3v) is 3.74. The van der Waals surface area contributed by atoms with E-state index in [9.17, 15) is 9.59 Å². The lowest BCUT2D eigenvalue weighted by atomic mass is 10.0. The summed E-state index contributed by atoms with van der Waals surface area (Å²) in [5, 5.41) is 9.46. The maximum atomic E-state index is 12.2. The Labute approximate surface area is 142 Å². The summed E-state index contributed by atoms with van der Waals surface area (Å²) in [5.41, 5.74) is 1.67. The number of oxime groups is 1. The molecule has 0 unspecified atom stereocenters. The molecule has 24 heavy (non-hydrogen) atoms. The number of rotatable bonds is 7. The van der Waals surface area contributed by atoms with Crippen molar-refractivity contribution in [3.63, 3.8) is 0 Å². The van der Waals surface area contributed by atoms with Crippen LogP contribution in [0, 0.1) is 0 Å². The van der Waals surface area contributed by atoms with Crippen molar-refractivity contribution in [2.45, 2.75) is 25.5 Å². The van der Waals surface area contributed by atoms with Gasteiger partial charge in [-0.2, -0.15) is 0 Å². The minimum atomic E-state index is -0.693. The van der Waals surface area contributed by atoms with E-state index in [2.05, 4.69) is 15.8 Å². The molecule has 1 aromatic carbocycles. The van der Waals surface area contributed by atoms with Crippen molar-refractivity contribution in [3.05, 3.63) is 35.9 Å². The number of carbonyl (C=O) groups is 2. The van der Waals surface area contributed by atoms with Crippen molar-refractivity contribution in [2.75, 3.05) is 27.2 Å². The van der Waals surface area contributed by atoms with Gasteiger partial charge in [0.1, 0.15) is 6.04 Å². The molecule has 0 saturated heterocycles. The van der Waals surface area contributed by atoms with E-state index in [1.54, 1.807) is 6.92 Å². The SMILES string of the molecule is C[C@H](NC(=O)[C@@H]1CC(c2ccccc2)=NO1)C(=O)NCC[NH+](C)C. The van der Waals surface area contributed by atoms with Crippen molar-refractivity contribution in [1.82, 2.24) is 10.6 Å². The maximum absolute atomic E-state index is 12.2. The lowest BCUT2D eigenvalue weighted by Crippen LogP contribution is -3.06. The minimum Gasteiger partial charge on any atom is -0.382 e. The molecule has 1 heterocycles. The van der Waals surface area contributed by atoms with Gasteiger partial charge in [-0.05, 0) is 12.5 Å². The van der Waals surface area contributed by atoms with Crippen LogP contribution >= 0.6 is 0 Å². The molecule has 7 nitrogen and oxygen atoms in total. The highest BCUT2D eigenvalue weighted by molar-refractivity contribution is 6.04. The number of likely N-dealkylation sites (N-methyl/N-ethyl adjacent to an activating group) is 1. The number of hydrogen-bond donors (Lipinski definition) is 3. The standard InChI is InChI=1S/C17H24N4O3/c1-12(16(22)18-9-10-21(2)3)19-17(23)15-11-14(20-24-15)13-7-5-4-6-8-13/h4-8,12,15H,9-11H2,1-3H3,(H,18,22)(H,19,23)/p+1/t12-,15-/m0/s1. The van der Waals surface area contributed by atoms with E-state index in [0.717, 1.165) is 17.8 Å². The molecule has 2 rings (SSSR count). The first-order chi connectivity index (χ1) is 11.5. The highest BCUT2D eigenvalue weighted by Gasteiger charge is 2.30. The highest BCUT2D eigenvalue weighted by Crippen LogP contribution is 2.16. The fourth-order valence-corrected chi connectivity index (χ4v) is 2.28. The summed E-state index contributed by atoms with van der Waals surface area (Å²) in [6.45, 7) is 3.05. The van der Waals surface area contributed by atoms with Gasteiger partial charge in [0.15, 0.2) is 0 Å². The van der Waals surface area contributed by atoms with Gasteiger partial charge in [-0.3, -0.25) is 9.59 Å². The quantitative estimate of drug-likeness (QED) is 0.595. The maximum Gasteiger partial charge on any atom is 0.264 e. The number of nitrogens with one attached hydrogen (secondary N) is 3. The van der Waals surface area contributed by atoms with Gasteiger partial charge in [-0.25, -0.2) is 0 Å². The van der Waals surface area contributed by atoms with Crippen LogP contribution in [0.25, 0.3) is 0 Å². The molecule has 0 bridgehead atoms. The second kappa shape index (κ2) is 8.44. The van der Waals surface area contributed by atoms with Crippen LogP contribution in [-0.2, 0) is 14.4 Å². The van der Waals surface area contributed by atoms with Crippen molar-refractivity contribution in [3.8, 4) is 0 Å². The number of carbonyl (C=O) groups excluding carboxylic acids is 2. The van der Waals surface area contributed by atoms with Crippen LogP contribution in [0.2, 0.25) is 0 Å². The first-order valence-corrected chi connectivity index (χ1v) is 8.12. The van der Waals surface area contributed by atoms with Crippen molar-refractivity contribution in [2.24, 2.45) is 5.16 Å². The molecular weight excluding hydrogens is 308 g/mol. The molecule has 2 atom stereocenters. The van der Waals surface area contributed by atoms with E-state index < -0.39 is 12.1 Å². The number of amides is 2. The largest absolute Gasteiger partial charge is 0.382 e. The second-order valence-corrected chi connectivity index (χ2v) is 6.18. The normalized spacial score (nSPS) is 17.8. The molecule has 3 N–H and O–H groups in total. The Hall–Kier alpha value is -2.41. The summed E-state index contributed by atoms with van der Waals surface area (Å²) in [6, 6.07) is 8.97. The summed E-state index contributed by atoms with van der Waals surface area (Å²) in [6.07, 6.45) is -0.296. The van der Waals surface area contributed by atoms with Gasteiger partial charge >= 0.3 is 0 Å². The van der Waals surface area contributed by atoms with Crippen molar-refractivity contribution < 1.29 is 19.3 Å². The van der Waals surface area contributed by atoms with Crippen LogP contribution in [0.3, 0.4) is 0 Å². The average molecular weight is 333 g/mol. The monoisotopic (exact) mass is 333 g/mol. The minimum absolute atomic E-state index is 0.202. The van der Waals surface area contributed by atoms with Crippen LogP contribution in [0.4, 0.5) is 0 Å². The molecule has 130 valence electrons. The zero-order valence-electron chi connectivity index (χ0n) is 14.3. The number of nitrogens with zero attached hydrogens (tertiary/aromatic N) is 1. The third-order valence-electron chi connectivity index (χ3n) is 3.74. The summed E-state index contributed by atoms with van der Waals surface area (Å²) < 4.78 is 0. The molecule has 0 aliphatic carbocycles. The van der Waals surface area contributed by atoms with Gasteiger partial charge in [0.05, 0.1) is 32.9 Å². The molecule has 1 aromatic rings. The van der Waals surface area contributed by atoms with Crippen molar-refractivity contribution in [1.29, 1.82) is 0 Å². The van der Waals surface area contributed by atoms with Crippen LogP contribution in [0.1, 0.15) is 18.9 Å². The van der Waals surface area contributed by atoms with Crippen molar-refractivity contribution >= 4 is 17.5 Å².